The number of hydrogen-bond donors (Lipinski definition) is 0. The first-order valence-electron chi connectivity index (χ1n) is 12.1. The van der Waals surface area contributed by atoms with Crippen LogP contribution >= 0.6 is 0 Å². The van der Waals surface area contributed by atoms with Crippen molar-refractivity contribution in [1.29, 1.82) is 0 Å². The summed E-state index contributed by atoms with van der Waals surface area (Å²) in [6.45, 7) is 5.28. The fourth-order valence-electron chi connectivity index (χ4n) is 4.46. The Hall–Kier alpha value is -2.20. The molecule has 0 radical (unpaired) electrons. The van der Waals surface area contributed by atoms with Crippen molar-refractivity contribution in [3.63, 3.8) is 0 Å². The van der Waals surface area contributed by atoms with Gasteiger partial charge in [-0.25, -0.2) is 0 Å². The molecule has 0 aliphatic heterocycles. The van der Waals surface area contributed by atoms with Crippen molar-refractivity contribution in [2.75, 3.05) is 6.61 Å². The van der Waals surface area contributed by atoms with Crippen LogP contribution < -0.4 is 4.74 Å². The first kappa shape index (κ1) is 22.5. The molecular weight excluding hydrogens is 364 g/mol. The van der Waals surface area contributed by atoms with Gasteiger partial charge in [-0.3, -0.25) is 0 Å². The summed E-state index contributed by atoms with van der Waals surface area (Å²) in [7, 11) is 0. The van der Waals surface area contributed by atoms with Crippen LogP contribution in [0.5, 0.6) is 5.75 Å². The Morgan fingerprint density at radius 2 is 1.30 bits per heavy atom. The summed E-state index contributed by atoms with van der Waals surface area (Å²) >= 11 is 0. The highest BCUT2D eigenvalue weighted by Crippen LogP contribution is 2.33. The molecule has 30 heavy (non-hydrogen) atoms. The predicted molar refractivity (Wildman–Crippen MR) is 128 cm³/mol. The van der Waals surface area contributed by atoms with E-state index in [2.05, 4.69) is 50.0 Å². The Morgan fingerprint density at radius 3 is 1.87 bits per heavy atom. The minimum absolute atomic E-state index is 0.786. The lowest BCUT2D eigenvalue weighted by molar-refractivity contribution is 0.252. The molecule has 0 N–H and O–H groups in total. The second-order valence-electron chi connectivity index (χ2n) is 8.89. The third-order valence-electron chi connectivity index (χ3n) is 6.43. The van der Waals surface area contributed by atoms with Crippen LogP contribution in [0.3, 0.4) is 0 Å². The Kier molecular flexibility index (Phi) is 9.36. The fourth-order valence-corrected chi connectivity index (χ4v) is 4.46. The molecule has 1 nitrogen and oxygen atoms in total. The van der Waals surface area contributed by atoms with Crippen LogP contribution in [-0.4, -0.2) is 6.61 Å². The number of hydrogen-bond acceptors (Lipinski definition) is 1. The highest BCUT2D eigenvalue weighted by molar-refractivity contribution is 5.44. The summed E-state index contributed by atoms with van der Waals surface area (Å²) < 4.78 is 5.71. The smallest absolute Gasteiger partial charge is 0.119 e. The Balaban J connectivity index is 1.44. The van der Waals surface area contributed by atoms with Crippen molar-refractivity contribution in [1.82, 2.24) is 0 Å². The van der Waals surface area contributed by atoms with E-state index in [9.17, 15) is 0 Å². The van der Waals surface area contributed by atoms with Gasteiger partial charge in [-0.1, -0.05) is 82.8 Å². The second kappa shape index (κ2) is 12.5. The van der Waals surface area contributed by atoms with Gasteiger partial charge >= 0.3 is 0 Å². The topological polar surface area (TPSA) is 9.23 Å². The molecule has 1 heteroatoms. The zero-order chi connectivity index (χ0) is 21.0. The van der Waals surface area contributed by atoms with Gasteiger partial charge in [-0.15, -0.1) is 0 Å². The van der Waals surface area contributed by atoms with Crippen molar-refractivity contribution in [3.8, 4) is 17.6 Å². The summed E-state index contributed by atoms with van der Waals surface area (Å²) in [6.07, 6.45) is 13.4. The molecular formula is C29H38O. The molecule has 2 aromatic carbocycles. The molecule has 1 aliphatic carbocycles. The zero-order valence-corrected chi connectivity index (χ0v) is 19.0. The standard InChI is InChI=1S/C29H38O/c1-3-5-23-30-29-21-19-28(20-22-29)18-17-27-15-13-26(14-16-27)12-11-25-9-7-24(6-4-2)8-10-25/h13-16,19-22,24-25H,3-12,23H2,1-2H3. The van der Waals surface area contributed by atoms with Gasteiger partial charge in [0.15, 0.2) is 0 Å². The number of rotatable bonds is 9. The molecule has 2 aromatic rings. The van der Waals surface area contributed by atoms with Crippen molar-refractivity contribution in [2.45, 2.75) is 78.1 Å². The van der Waals surface area contributed by atoms with Crippen LogP contribution in [-0.2, 0) is 6.42 Å². The van der Waals surface area contributed by atoms with Gasteiger partial charge in [0.2, 0.25) is 0 Å². The van der Waals surface area contributed by atoms with E-state index in [1.807, 2.05) is 24.3 Å². The van der Waals surface area contributed by atoms with E-state index in [4.69, 9.17) is 4.74 Å². The summed E-state index contributed by atoms with van der Waals surface area (Å²) in [5.41, 5.74) is 3.56. The molecule has 0 atom stereocenters. The first-order chi connectivity index (χ1) is 14.8. The zero-order valence-electron chi connectivity index (χ0n) is 19.0. The third-order valence-corrected chi connectivity index (χ3v) is 6.43. The maximum Gasteiger partial charge on any atom is 0.119 e. The largest absolute Gasteiger partial charge is 0.494 e. The highest BCUT2D eigenvalue weighted by atomic mass is 16.5. The van der Waals surface area contributed by atoms with Gasteiger partial charge < -0.3 is 4.74 Å². The number of benzene rings is 2. The predicted octanol–water partition coefficient (Wildman–Crippen LogP) is 7.80. The molecule has 0 heterocycles. The lowest BCUT2D eigenvalue weighted by atomic mass is 9.78. The van der Waals surface area contributed by atoms with Crippen molar-refractivity contribution >= 4 is 0 Å². The van der Waals surface area contributed by atoms with E-state index >= 15 is 0 Å². The van der Waals surface area contributed by atoms with Crippen molar-refractivity contribution in [2.24, 2.45) is 11.8 Å². The van der Waals surface area contributed by atoms with E-state index < -0.39 is 0 Å². The average Bonchev–Trinajstić information content (AvgIpc) is 2.79. The van der Waals surface area contributed by atoms with E-state index in [-0.39, 0.29) is 0 Å². The average molecular weight is 403 g/mol. The molecule has 0 spiro atoms. The summed E-state index contributed by atoms with van der Waals surface area (Å²) in [4.78, 5) is 0. The Labute approximate surface area is 184 Å². The van der Waals surface area contributed by atoms with E-state index in [0.29, 0.717) is 0 Å². The molecule has 1 fully saturated rings. The van der Waals surface area contributed by atoms with Gasteiger partial charge in [0.25, 0.3) is 0 Å². The van der Waals surface area contributed by atoms with Gasteiger partial charge in [0, 0.05) is 11.1 Å². The summed E-state index contributed by atoms with van der Waals surface area (Å²) in [6, 6.07) is 17.0. The highest BCUT2D eigenvalue weighted by Gasteiger charge is 2.20. The van der Waals surface area contributed by atoms with Gasteiger partial charge in [-0.2, -0.15) is 0 Å². The number of unbranched alkanes of at least 4 members (excludes halogenated alkanes) is 1. The molecule has 3 rings (SSSR count). The molecule has 0 bridgehead atoms. The maximum atomic E-state index is 5.71. The summed E-state index contributed by atoms with van der Waals surface area (Å²) in [5, 5.41) is 0. The van der Waals surface area contributed by atoms with E-state index in [0.717, 1.165) is 48.2 Å². The molecule has 0 aromatic heterocycles. The van der Waals surface area contributed by atoms with Crippen LogP contribution in [0.25, 0.3) is 0 Å². The van der Waals surface area contributed by atoms with Crippen LogP contribution in [0, 0.1) is 23.7 Å². The molecule has 0 amide bonds. The van der Waals surface area contributed by atoms with E-state index in [1.165, 1.54) is 56.9 Å². The molecule has 1 aliphatic rings. The molecule has 0 saturated heterocycles. The van der Waals surface area contributed by atoms with Crippen molar-refractivity contribution in [3.05, 3.63) is 65.2 Å². The number of ether oxygens (including phenoxy) is 1. The maximum absolute atomic E-state index is 5.71. The lowest BCUT2D eigenvalue weighted by Crippen LogP contribution is -2.15. The fraction of sp³-hybridized carbons (Fsp3) is 0.517. The van der Waals surface area contributed by atoms with Crippen molar-refractivity contribution < 1.29 is 4.74 Å². The molecule has 0 unspecified atom stereocenters. The van der Waals surface area contributed by atoms with Crippen LogP contribution in [0.4, 0.5) is 0 Å². The van der Waals surface area contributed by atoms with Crippen LogP contribution in [0.1, 0.15) is 88.3 Å². The van der Waals surface area contributed by atoms with Gasteiger partial charge in [0.1, 0.15) is 5.75 Å². The monoisotopic (exact) mass is 402 g/mol. The minimum Gasteiger partial charge on any atom is -0.494 e. The van der Waals surface area contributed by atoms with Gasteiger partial charge in [0.05, 0.1) is 6.61 Å². The third kappa shape index (κ3) is 7.56. The SMILES string of the molecule is CCCCOc1ccc(C#Cc2ccc(CCC3CCC(CCC)CC3)cc2)cc1. The Morgan fingerprint density at radius 1 is 0.733 bits per heavy atom. The quantitative estimate of drug-likeness (QED) is 0.307. The van der Waals surface area contributed by atoms with Crippen LogP contribution in [0.2, 0.25) is 0 Å². The Bertz CT molecular complexity index is 783. The first-order valence-corrected chi connectivity index (χ1v) is 12.1. The van der Waals surface area contributed by atoms with E-state index in [1.54, 1.807) is 0 Å². The minimum atomic E-state index is 0.786. The second-order valence-corrected chi connectivity index (χ2v) is 8.89. The molecule has 160 valence electrons. The number of aryl methyl sites for hydroxylation is 1. The van der Waals surface area contributed by atoms with Crippen LogP contribution in [0.15, 0.2) is 48.5 Å². The lowest BCUT2D eigenvalue weighted by Gasteiger charge is -2.28. The normalized spacial score (nSPS) is 18.5. The molecule has 1 saturated carbocycles. The van der Waals surface area contributed by atoms with Gasteiger partial charge in [-0.05, 0) is 73.1 Å². The summed E-state index contributed by atoms with van der Waals surface area (Å²) in [5.74, 6) is 9.43.